The van der Waals surface area contributed by atoms with Crippen molar-refractivity contribution in [2.45, 2.75) is 19.0 Å². The number of ether oxygens (including phenoxy) is 2. The highest BCUT2D eigenvalue weighted by Crippen LogP contribution is 2.41. The highest BCUT2D eigenvalue weighted by Gasteiger charge is 2.35. The predicted octanol–water partition coefficient (Wildman–Crippen LogP) is 4.88. The summed E-state index contributed by atoms with van der Waals surface area (Å²) in [4.78, 5) is 11.8. The molecule has 2 aromatic rings. The lowest BCUT2D eigenvalue weighted by Crippen LogP contribution is -2.12. The van der Waals surface area contributed by atoms with E-state index >= 15 is 0 Å². The van der Waals surface area contributed by atoms with Gasteiger partial charge in [-0.2, -0.15) is 13.2 Å². The van der Waals surface area contributed by atoms with Crippen LogP contribution in [0.15, 0.2) is 42.5 Å². The van der Waals surface area contributed by atoms with E-state index in [1.165, 1.54) is 26.4 Å². The van der Waals surface area contributed by atoms with Gasteiger partial charge in [0.05, 0.1) is 25.3 Å². The summed E-state index contributed by atoms with van der Waals surface area (Å²) < 4.78 is 50.5. The number of hydrogen-bond donors (Lipinski definition) is 0. The van der Waals surface area contributed by atoms with Crippen LogP contribution < -0.4 is 4.74 Å². The Bertz CT molecular complexity index is 882. The van der Waals surface area contributed by atoms with Crippen molar-refractivity contribution < 1.29 is 27.4 Å². The molecule has 0 unspecified atom stereocenters. The van der Waals surface area contributed by atoms with E-state index in [2.05, 4.69) is 0 Å². The van der Waals surface area contributed by atoms with E-state index in [0.717, 1.165) is 11.6 Å². The van der Waals surface area contributed by atoms with Crippen molar-refractivity contribution in [3.05, 3.63) is 70.3 Å². The van der Waals surface area contributed by atoms with Gasteiger partial charge in [-0.25, -0.2) is 4.79 Å². The number of carbonyl (C=O) groups is 1. The van der Waals surface area contributed by atoms with Crippen LogP contribution in [0.1, 0.15) is 39.0 Å². The summed E-state index contributed by atoms with van der Waals surface area (Å²) >= 11 is 0. The summed E-state index contributed by atoms with van der Waals surface area (Å²) in [5.41, 5.74) is 1.60. The molecule has 1 aliphatic rings. The van der Waals surface area contributed by atoms with Crippen molar-refractivity contribution in [2.75, 3.05) is 14.2 Å². The van der Waals surface area contributed by atoms with Crippen LogP contribution in [-0.2, 0) is 17.3 Å². The normalized spacial score (nSPS) is 13.7. The summed E-state index contributed by atoms with van der Waals surface area (Å²) in [7, 11) is 2.59. The summed E-state index contributed by atoms with van der Waals surface area (Å²) in [6, 6.07) is 8.90. The molecule has 3 rings (SSSR count). The van der Waals surface area contributed by atoms with E-state index in [1.807, 2.05) is 0 Å². The Morgan fingerprint density at radius 1 is 1.04 bits per heavy atom. The molecule has 0 aromatic heterocycles. The van der Waals surface area contributed by atoms with E-state index in [0.29, 0.717) is 29.5 Å². The van der Waals surface area contributed by atoms with Crippen LogP contribution in [0, 0.1) is 0 Å². The molecule has 0 atom stereocenters. The Morgan fingerprint density at radius 3 is 2.46 bits per heavy atom. The number of hydrogen-bond acceptors (Lipinski definition) is 3. The Kier molecular flexibility index (Phi) is 4.76. The van der Waals surface area contributed by atoms with Gasteiger partial charge in [-0.1, -0.05) is 18.2 Å². The van der Waals surface area contributed by atoms with E-state index in [1.54, 1.807) is 24.3 Å². The van der Waals surface area contributed by atoms with Gasteiger partial charge < -0.3 is 9.47 Å². The smallest absolute Gasteiger partial charge is 0.417 e. The SMILES string of the molecule is COC(=O)c1ccc2c(c1)C(c1ccc(OC)cc1C(F)(F)F)=CCC2. The van der Waals surface area contributed by atoms with Gasteiger partial charge >= 0.3 is 12.1 Å². The molecule has 0 saturated carbocycles. The first-order valence-electron chi connectivity index (χ1n) is 8.02. The Morgan fingerprint density at radius 2 is 1.81 bits per heavy atom. The Hall–Kier alpha value is -2.76. The lowest BCUT2D eigenvalue weighted by Gasteiger charge is -2.22. The second kappa shape index (κ2) is 6.86. The lowest BCUT2D eigenvalue weighted by molar-refractivity contribution is -0.137. The van der Waals surface area contributed by atoms with Gasteiger partial charge in [-0.15, -0.1) is 0 Å². The fourth-order valence-corrected chi connectivity index (χ4v) is 3.15. The number of methoxy groups -OCH3 is 2. The van der Waals surface area contributed by atoms with Crippen LogP contribution in [-0.4, -0.2) is 20.2 Å². The first-order valence-corrected chi connectivity index (χ1v) is 8.02. The highest BCUT2D eigenvalue weighted by molar-refractivity contribution is 5.93. The third-order valence-electron chi connectivity index (χ3n) is 4.41. The molecule has 0 amide bonds. The van der Waals surface area contributed by atoms with Crippen molar-refractivity contribution in [1.29, 1.82) is 0 Å². The van der Waals surface area contributed by atoms with Gasteiger partial charge in [0.1, 0.15) is 5.75 Å². The topological polar surface area (TPSA) is 35.5 Å². The molecule has 0 fully saturated rings. The summed E-state index contributed by atoms with van der Waals surface area (Å²) in [5, 5.41) is 0. The highest BCUT2D eigenvalue weighted by atomic mass is 19.4. The first kappa shape index (κ1) is 18.0. The number of esters is 1. The van der Waals surface area contributed by atoms with Crippen molar-refractivity contribution >= 4 is 11.5 Å². The van der Waals surface area contributed by atoms with Crippen LogP contribution in [0.3, 0.4) is 0 Å². The Labute approximate surface area is 149 Å². The lowest BCUT2D eigenvalue weighted by atomic mass is 9.84. The zero-order valence-electron chi connectivity index (χ0n) is 14.3. The van der Waals surface area contributed by atoms with E-state index < -0.39 is 17.7 Å². The fraction of sp³-hybridized carbons (Fsp3) is 0.250. The van der Waals surface area contributed by atoms with Gasteiger partial charge in [-0.3, -0.25) is 0 Å². The zero-order chi connectivity index (χ0) is 18.9. The number of carbonyl (C=O) groups excluding carboxylic acids is 1. The molecule has 0 spiro atoms. The molecular weight excluding hydrogens is 345 g/mol. The number of rotatable bonds is 3. The molecule has 2 aromatic carbocycles. The maximum absolute atomic E-state index is 13.6. The van der Waals surface area contributed by atoms with Crippen molar-refractivity contribution in [1.82, 2.24) is 0 Å². The second-order valence-corrected chi connectivity index (χ2v) is 5.93. The van der Waals surface area contributed by atoms with Gasteiger partial charge in [0.15, 0.2) is 0 Å². The third kappa shape index (κ3) is 3.31. The number of alkyl halides is 3. The number of benzene rings is 2. The predicted molar refractivity (Wildman–Crippen MR) is 91.2 cm³/mol. The Balaban J connectivity index is 2.18. The van der Waals surface area contributed by atoms with Crippen LogP contribution in [0.25, 0.3) is 5.57 Å². The molecule has 26 heavy (non-hydrogen) atoms. The van der Waals surface area contributed by atoms with Gasteiger partial charge in [0.25, 0.3) is 0 Å². The van der Waals surface area contributed by atoms with Crippen LogP contribution in [0.4, 0.5) is 13.2 Å². The molecule has 136 valence electrons. The molecule has 0 aliphatic heterocycles. The van der Waals surface area contributed by atoms with Gasteiger partial charge in [-0.05, 0) is 59.4 Å². The standard InChI is InChI=1S/C20H17F3O3/c1-25-14-8-9-16(18(11-14)20(21,22)23)15-5-3-4-12-6-7-13(10-17(12)15)19(24)26-2/h5-11H,3-4H2,1-2H3. The molecule has 0 bridgehead atoms. The van der Waals surface area contributed by atoms with E-state index in [9.17, 15) is 18.0 Å². The monoisotopic (exact) mass is 362 g/mol. The zero-order valence-corrected chi connectivity index (χ0v) is 14.3. The minimum absolute atomic E-state index is 0.0706. The fourth-order valence-electron chi connectivity index (χ4n) is 3.15. The molecule has 3 nitrogen and oxygen atoms in total. The maximum atomic E-state index is 13.6. The maximum Gasteiger partial charge on any atom is 0.417 e. The molecule has 1 aliphatic carbocycles. The third-order valence-corrected chi connectivity index (χ3v) is 4.41. The molecular formula is C20H17F3O3. The van der Waals surface area contributed by atoms with Crippen LogP contribution in [0.2, 0.25) is 0 Å². The van der Waals surface area contributed by atoms with Gasteiger partial charge in [0, 0.05) is 0 Å². The number of allylic oxidation sites excluding steroid dienone is 1. The minimum atomic E-state index is -4.53. The minimum Gasteiger partial charge on any atom is -0.497 e. The average molecular weight is 362 g/mol. The molecule has 0 N–H and O–H groups in total. The van der Waals surface area contributed by atoms with Crippen LogP contribution >= 0.6 is 0 Å². The van der Waals surface area contributed by atoms with E-state index in [4.69, 9.17) is 9.47 Å². The summed E-state index contributed by atoms with van der Waals surface area (Å²) in [6.45, 7) is 0. The molecule has 6 heteroatoms. The van der Waals surface area contributed by atoms with Gasteiger partial charge in [0.2, 0.25) is 0 Å². The molecule has 0 heterocycles. The van der Waals surface area contributed by atoms with Crippen molar-refractivity contribution in [3.8, 4) is 5.75 Å². The van der Waals surface area contributed by atoms with E-state index in [-0.39, 0.29) is 11.3 Å². The van der Waals surface area contributed by atoms with Crippen LogP contribution in [0.5, 0.6) is 5.75 Å². The molecule has 0 saturated heterocycles. The largest absolute Gasteiger partial charge is 0.497 e. The average Bonchev–Trinajstić information content (AvgIpc) is 2.65. The first-order chi connectivity index (χ1) is 12.3. The molecule has 0 radical (unpaired) electrons. The van der Waals surface area contributed by atoms with Crippen molar-refractivity contribution in [2.24, 2.45) is 0 Å². The summed E-state index contributed by atoms with van der Waals surface area (Å²) in [5.74, 6) is -0.385. The number of halogens is 3. The number of aryl methyl sites for hydroxylation is 1. The summed E-state index contributed by atoms with van der Waals surface area (Å²) in [6.07, 6.45) is -1.41. The second-order valence-electron chi connectivity index (χ2n) is 5.93. The van der Waals surface area contributed by atoms with Crippen molar-refractivity contribution in [3.63, 3.8) is 0 Å². The quantitative estimate of drug-likeness (QED) is 0.730. The number of fused-ring (bicyclic) bond motifs is 1.